The second-order valence-electron chi connectivity index (χ2n) is 8.07. The van der Waals surface area contributed by atoms with Gasteiger partial charge in [0.2, 0.25) is 21.7 Å². The van der Waals surface area contributed by atoms with Gasteiger partial charge in [0.15, 0.2) is 0 Å². The summed E-state index contributed by atoms with van der Waals surface area (Å²) < 4.78 is 33.3. The van der Waals surface area contributed by atoms with Crippen LogP contribution in [0.4, 0.5) is 0 Å². The lowest BCUT2D eigenvalue weighted by molar-refractivity contribution is 0.163. The molecule has 0 N–H and O–H groups in total. The quantitative estimate of drug-likeness (QED) is 0.463. The van der Waals surface area contributed by atoms with Crippen LogP contribution in [0.2, 0.25) is 0 Å². The lowest BCUT2D eigenvalue weighted by Crippen LogP contribution is -2.48. The Bertz CT molecular complexity index is 1340. The second-order valence-corrected chi connectivity index (χ2v) is 10.0. The molecule has 5 rings (SSSR count). The van der Waals surface area contributed by atoms with Crippen LogP contribution in [0.3, 0.4) is 0 Å². The molecule has 0 spiro atoms. The summed E-state index contributed by atoms with van der Waals surface area (Å²) in [5, 5.41) is 6.03. The summed E-state index contributed by atoms with van der Waals surface area (Å²) in [6, 6.07) is 21.1. The zero-order valence-electron chi connectivity index (χ0n) is 17.8. The van der Waals surface area contributed by atoms with Crippen molar-refractivity contribution in [1.29, 1.82) is 0 Å². The van der Waals surface area contributed by atoms with E-state index in [0.717, 1.165) is 16.3 Å². The number of sulfonamides is 1. The van der Waals surface area contributed by atoms with Crippen molar-refractivity contribution in [3.05, 3.63) is 78.2 Å². The highest BCUT2D eigenvalue weighted by Gasteiger charge is 2.29. The number of aryl methyl sites for hydroxylation is 1. The lowest BCUT2D eigenvalue weighted by Gasteiger charge is -2.33. The molecule has 0 atom stereocenters. The number of hydrogen-bond donors (Lipinski definition) is 0. The van der Waals surface area contributed by atoms with Gasteiger partial charge in [-0.3, -0.25) is 4.90 Å². The second kappa shape index (κ2) is 8.46. The van der Waals surface area contributed by atoms with Crippen LogP contribution in [0.1, 0.15) is 11.5 Å². The fourth-order valence-electron chi connectivity index (χ4n) is 3.94. The first-order valence-electron chi connectivity index (χ1n) is 10.6. The van der Waals surface area contributed by atoms with Crippen molar-refractivity contribution in [2.24, 2.45) is 0 Å². The van der Waals surface area contributed by atoms with Gasteiger partial charge >= 0.3 is 0 Å². The van der Waals surface area contributed by atoms with E-state index >= 15 is 0 Å². The largest absolute Gasteiger partial charge is 0.338 e. The fourth-order valence-corrected chi connectivity index (χ4v) is 5.39. The lowest BCUT2D eigenvalue weighted by atomic mass is 10.1. The summed E-state index contributed by atoms with van der Waals surface area (Å²) in [7, 11) is -3.53. The van der Waals surface area contributed by atoms with Crippen molar-refractivity contribution in [2.75, 3.05) is 26.2 Å². The van der Waals surface area contributed by atoms with Crippen molar-refractivity contribution in [3.8, 4) is 11.4 Å². The molecule has 0 amide bonds. The molecule has 1 aromatic heterocycles. The molecular weight excluding hydrogens is 424 g/mol. The minimum absolute atomic E-state index is 0.337. The van der Waals surface area contributed by atoms with Crippen LogP contribution in [0.5, 0.6) is 0 Å². The first kappa shape index (κ1) is 20.8. The topological polar surface area (TPSA) is 79.5 Å². The Labute approximate surface area is 187 Å². The van der Waals surface area contributed by atoms with E-state index in [9.17, 15) is 8.42 Å². The van der Waals surface area contributed by atoms with Gasteiger partial charge in [-0.05, 0) is 29.8 Å². The van der Waals surface area contributed by atoms with Gasteiger partial charge in [0.1, 0.15) is 0 Å². The highest BCUT2D eigenvalue weighted by molar-refractivity contribution is 7.89. The third-order valence-electron chi connectivity index (χ3n) is 5.83. The smallest absolute Gasteiger partial charge is 0.243 e. The van der Waals surface area contributed by atoms with Crippen LogP contribution in [-0.2, 0) is 16.6 Å². The average molecular weight is 449 g/mol. The molecule has 1 saturated heterocycles. The van der Waals surface area contributed by atoms with Gasteiger partial charge in [-0.25, -0.2) is 8.42 Å². The minimum atomic E-state index is -3.53. The average Bonchev–Trinajstić information content (AvgIpc) is 3.28. The Morgan fingerprint density at radius 3 is 2.38 bits per heavy atom. The number of fused-ring (bicyclic) bond motifs is 1. The molecule has 1 fully saturated rings. The van der Waals surface area contributed by atoms with Gasteiger partial charge in [-0.2, -0.15) is 9.29 Å². The summed E-state index contributed by atoms with van der Waals surface area (Å²) in [5.41, 5.74) is 2.09. The zero-order valence-corrected chi connectivity index (χ0v) is 18.6. The SMILES string of the molecule is Cc1ccc(-c2noc(CN3CCN(S(=O)(=O)c4ccc5ccccc5c4)CC3)n2)cc1. The number of hydrogen-bond acceptors (Lipinski definition) is 6. The Morgan fingerprint density at radius 1 is 0.906 bits per heavy atom. The number of aromatic nitrogens is 2. The number of nitrogens with zero attached hydrogens (tertiary/aromatic N) is 4. The predicted molar refractivity (Wildman–Crippen MR) is 122 cm³/mol. The van der Waals surface area contributed by atoms with E-state index < -0.39 is 10.0 Å². The van der Waals surface area contributed by atoms with E-state index in [1.54, 1.807) is 16.4 Å². The minimum Gasteiger partial charge on any atom is -0.338 e. The zero-order chi connectivity index (χ0) is 22.1. The molecule has 0 saturated carbocycles. The van der Waals surface area contributed by atoms with E-state index in [2.05, 4.69) is 15.0 Å². The Morgan fingerprint density at radius 2 is 1.62 bits per heavy atom. The summed E-state index contributed by atoms with van der Waals surface area (Å²) in [6.45, 7) is 4.60. The normalized spacial score (nSPS) is 15.9. The van der Waals surface area contributed by atoms with Gasteiger partial charge < -0.3 is 4.52 Å². The third kappa shape index (κ3) is 4.17. The fraction of sp³-hybridized carbons (Fsp3) is 0.250. The molecule has 8 heteroatoms. The standard InChI is InChI=1S/C24H24N4O3S/c1-18-6-8-20(9-7-18)24-25-23(31-26-24)17-27-12-14-28(15-13-27)32(29,30)22-11-10-19-4-2-3-5-21(19)16-22/h2-11,16H,12-15,17H2,1H3. The number of piperazine rings is 1. The van der Waals surface area contributed by atoms with Crippen molar-refractivity contribution in [1.82, 2.24) is 19.3 Å². The van der Waals surface area contributed by atoms with Gasteiger partial charge in [0.25, 0.3) is 0 Å². The summed E-state index contributed by atoms with van der Waals surface area (Å²) in [6.07, 6.45) is 0. The molecule has 0 bridgehead atoms. The van der Waals surface area contributed by atoms with Crippen molar-refractivity contribution < 1.29 is 12.9 Å². The molecule has 7 nitrogen and oxygen atoms in total. The third-order valence-corrected chi connectivity index (χ3v) is 7.72. The highest BCUT2D eigenvalue weighted by atomic mass is 32.2. The van der Waals surface area contributed by atoms with Gasteiger partial charge in [-0.15, -0.1) is 0 Å². The van der Waals surface area contributed by atoms with Crippen LogP contribution in [-0.4, -0.2) is 53.9 Å². The maximum absolute atomic E-state index is 13.1. The summed E-state index contributed by atoms with van der Waals surface area (Å²) >= 11 is 0. The first-order chi connectivity index (χ1) is 15.5. The molecule has 0 aliphatic carbocycles. The molecular formula is C24H24N4O3S. The van der Waals surface area contributed by atoms with Crippen molar-refractivity contribution in [3.63, 3.8) is 0 Å². The van der Waals surface area contributed by atoms with E-state index in [1.807, 2.05) is 61.5 Å². The van der Waals surface area contributed by atoms with Gasteiger partial charge in [-0.1, -0.05) is 65.3 Å². The van der Waals surface area contributed by atoms with Crippen LogP contribution >= 0.6 is 0 Å². The maximum Gasteiger partial charge on any atom is 0.243 e. The molecule has 0 unspecified atom stereocenters. The summed E-state index contributed by atoms with van der Waals surface area (Å²) in [4.78, 5) is 6.97. The monoisotopic (exact) mass is 448 g/mol. The van der Waals surface area contributed by atoms with Crippen molar-refractivity contribution in [2.45, 2.75) is 18.4 Å². The Kier molecular flexibility index (Phi) is 5.50. The predicted octanol–water partition coefficient (Wildman–Crippen LogP) is 3.70. The molecule has 1 aliphatic heterocycles. The van der Waals surface area contributed by atoms with Gasteiger partial charge in [0, 0.05) is 31.7 Å². The highest BCUT2D eigenvalue weighted by Crippen LogP contribution is 2.23. The molecule has 0 radical (unpaired) electrons. The molecule has 164 valence electrons. The Hall–Kier alpha value is -3.07. The summed E-state index contributed by atoms with van der Waals surface area (Å²) in [5.74, 6) is 1.10. The van der Waals surface area contributed by atoms with E-state index in [1.165, 1.54) is 5.56 Å². The Balaban J connectivity index is 1.23. The van der Waals surface area contributed by atoms with Crippen molar-refractivity contribution >= 4 is 20.8 Å². The number of benzene rings is 3. The molecule has 4 aromatic rings. The maximum atomic E-state index is 13.1. The van der Waals surface area contributed by atoms with Crippen LogP contribution in [0.25, 0.3) is 22.2 Å². The molecule has 1 aliphatic rings. The van der Waals surface area contributed by atoms with Gasteiger partial charge in [0.05, 0.1) is 11.4 Å². The number of rotatable bonds is 5. The van der Waals surface area contributed by atoms with Crippen LogP contribution < -0.4 is 0 Å². The van der Waals surface area contributed by atoms with E-state index in [0.29, 0.717) is 49.3 Å². The first-order valence-corrected chi connectivity index (χ1v) is 12.0. The van der Waals surface area contributed by atoms with E-state index in [4.69, 9.17) is 4.52 Å². The molecule has 2 heterocycles. The molecule has 3 aromatic carbocycles. The van der Waals surface area contributed by atoms with E-state index in [-0.39, 0.29) is 0 Å². The molecule has 32 heavy (non-hydrogen) atoms. The van der Waals surface area contributed by atoms with Crippen LogP contribution in [0, 0.1) is 6.92 Å². The van der Waals surface area contributed by atoms with Crippen LogP contribution in [0.15, 0.2) is 76.1 Å².